The zero-order chi connectivity index (χ0) is 42.3. The molecule has 21 nitrogen and oxygen atoms in total. The van der Waals surface area contributed by atoms with Crippen LogP contribution in [-0.4, -0.2) is 109 Å². The summed E-state index contributed by atoms with van der Waals surface area (Å²) in [5.41, 5.74) is 5.57. The van der Waals surface area contributed by atoms with Gasteiger partial charge in [-0.3, -0.25) is 19.1 Å². The van der Waals surface area contributed by atoms with Crippen molar-refractivity contribution in [3.8, 4) is 11.8 Å². The standard InChI is InChI=1S/C29H47N4O17P3S4/c1-29(2,11-14-43-3)57-56-18-44-12-7-8-13-45-24(34)10-6-5-9-20-16-33(26-25(20)27(35)32-28(30)31-26)23-15-21(46-19-55-54-4)22(48-23)17-47-52(39,40)50-53(41,42)49-51(36,37)38/h16,21-23H,6-8,10-15,17-19H2,1-4H3,(H,39,40)(H,41,42)(H2,36,37,38)(H3,30,31,32,35)/t21-,22+,23+/m0/s1. The van der Waals surface area contributed by atoms with Crippen LogP contribution in [0.1, 0.15) is 64.2 Å². The molecule has 7 N–H and O–H groups in total. The fourth-order valence-electron chi connectivity index (χ4n) is 4.87. The predicted octanol–water partition coefficient (Wildman–Crippen LogP) is 4.92. The minimum atomic E-state index is -5.75. The second kappa shape index (κ2) is 23.8. The van der Waals surface area contributed by atoms with E-state index >= 15 is 0 Å². The number of phosphoric acid groups is 3. The molecular formula is C29H47N4O17P3S4. The number of nitrogen functional groups attached to an aromatic ring is 1. The lowest BCUT2D eigenvalue weighted by molar-refractivity contribution is -0.143. The second-order valence-electron chi connectivity index (χ2n) is 12.4. The van der Waals surface area contributed by atoms with Crippen molar-refractivity contribution < 1.29 is 74.9 Å². The summed E-state index contributed by atoms with van der Waals surface area (Å²) in [6.07, 6.45) is 2.92. The van der Waals surface area contributed by atoms with Gasteiger partial charge < -0.3 is 53.6 Å². The number of hydrogen-bond donors (Lipinski definition) is 6. The maximum Gasteiger partial charge on any atom is 0.490 e. The van der Waals surface area contributed by atoms with E-state index in [4.69, 9.17) is 43.7 Å². The van der Waals surface area contributed by atoms with Crippen LogP contribution in [0.2, 0.25) is 0 Å². The average Bonchev–Trinajstić information content (AvgIpc) is 3.67. The van der Waals surface area contributed by atoms with Crippen molar-refractivity contribution in [2.24, 2.45) is 0 Å². The Hall–Kier alpha value is -1.10. The Morgan fingerprint density at radius 3 is 2.54 bits per heavy atom. The Morgan fingerprint density at radius 2 is 1.84 bits per heavy atom. The third-order valence-electron chi connectivity index (χ3n) is 7.40. The number of anilines is 1. The number of methoxy groups -OCH3 is 1. The van der Waals surface area contributed by atoms with E-state index in [1.807, 2.05) is 6.26 Å². The van der Waals surface area contributed by atoms with Gasteiger partial charge in [0, 0.05) is 44.1 Å². The van der Waals surface area contributed by atoms with Crippen LogP contribution in [0.25, 0.3) is 11.0 Å². The number of esters is 1. The first-order valence-electron chi connectivity index (χ1n) is 16.9. The van der Waals surface area contributed by atoms with Gasteiger partial charge >= 0.3 is 29.4 Å². The number of H-pyrrole nitrogens is 1. The van der Waals surface area contributed by atoms with Gasteiger partial charge in [-0.15, -0.1) is 0 Å². The van der Waals surface area contributed by atoms with Gasteiger partial charge in [-0.2, -0.15) is 13.6 Å². The molecule has 1 aliphatic heterocycles. The number of ether oxygens (including phenoxy) is 5. The number of phosphoric ester groups is 1. The zero-order valence-electron chi connectivity index (χ0n) is 31.3. The molecule has 3 rings (SSSR count). The topological polar surface area (TPSA) is 300 Å². The van der Waals surface area contributed by atoms with Gasteiger partial charge in [0.05, 0.1) is 36.7 Å². The maximum absolute atomic E-state index is 13.0. The third-order valence-corrected chi connectivity index (χ3v) is 15.7. The lowest BCUT2D eigenvalue weighted by Crippen LogP contribution is -2.28. The summed E-state index contributed by atoms with van der Waals surface area (Å²) in [6.45, 7) is 5.03. The summed E-state index contributed by atoms with van der Waals surface area (Å²) in [6, 6.07) is 0. The molecule has 0 radical (unpaired) electrons. The first kappa shape index (κ1) is 50.3. The molecule has 2 aromatic heterocycles. The first-order chi connectivity index (χ1) is 26.7. The average molecular weight is 945 g/mol. The minimum Gasteiger partial charge on any atom is -0.466 e. The van der Waals surface area contributed by atoms with Crippen LogP contribution in [0.5, 0.6) is 0 Å². The fraction of sp³-hybridized carbons (Fsp3) is 0.690. The van der Waals surface area contributed by atoms with Crippen molar-refractivity contribution in [1.29, 1.82) is 0 Å². The van der Waals surface area contributed by atoms with Gasteiger partial charge in [0.1, 0.15) is 24.2 Å². The SMILES string of the molecule is COCCC(C)(C)SSCOCCCCOC(=O)CCC#Cc1cn([C@H]2C[C@H](OCSSC)[C@@H](COP(=O)(O)OP(=O)(O)OP(=O)(O)O)O2)c2nc(N)[nH]c(=O)c12. The van der Waals surface area contributed by atoms with Crippen LogP contribution in [-0.2, 0) is 55.3 Å². The Kier molecular flexibility index (Phi) is 21.0. The summed E-state index contributed by atoms with van der Waals surface area (Å²) >= 11 is 0. The number of fused-ring (bicyclic) bond motifs is 1. The summed E-state index contributed by atoms with van der Waals surface area (Å²) in [4.78, 5) is 69.0. The molecule has 0 aliphatic carbocycles. The highest BCUT2D eigenvalue weighted by Crippen LogP contribution is 2.66. The van der Waals surface area contributed by atoms with Crippen LogP contribution in [0.4, 0.5) is 5.95 Å². The van der Waals surface area contributed by atoms with E-state index in [0.29, 0.717) is 25.6 Å². The molecule has 1 saturated heterocycles. The highest BCUT2D eigenvalue weighted by Gasteiger charge is 2.44. The molecule has 1 aliphatic rings. The Balaban J connectivity index is 1.59. The number of unbranched alkanes of at least 4 members (excludes halogenated alkanes) is 1. The molecule has 3 heterocycles. The van der Waals surface area contributed by atoms with Gasteiger partial charge in [0.2, 0.25) is 5.95 Å². The first-order valence-corrected chi connectivity index (χ1v) is 26.4. The Morgan fingerprint density at radius 1 is 1.11 bits per heavy atom. The molecule has 5 atom stereocenters. The van der Waals surface area contributed by atoms with E-state index in [1.165, 1.54) is 32.4 Å². The van der Waals surface area contributed by atoms with Gasteiger partial charge in [-0.1, -0.05) is 55.0 Å². The number of aromatic nitrogens is 3. The van der Waals surface area contributed by atoms with Gasteiger partial charge in [-0.05, 0) is 39.4 Å². The number of nitrogens with two attached hydrogens (primary N) is 1. The molecule has 0 bridgehead atoms. The highest BCUT2D eigenvalue weighted by molar-refractivity contribution is 8.77. The number of nitrogens with one attached hydrogen (secondary N) is 1. The number of nitrogens with zero attached hydrogens (tertiary/aromatic N) is 2. The van der Waals surface area contributed by atoms with Crippen LogP contribution in [0.15, 0.2) is 11.0 Å². The van der Waals surface area contributed by atoms with Crippen molar-refractivity contribution in [2.75, 3.05) is 57.4 Å². The second-order valence-corrected chi connectivity index (χ2v) is 22.3. The molecule has 2 unspecified atom stereocenters. The Bertz CT molecular complexity index is 1890. The fourth-order valence-corrected chi connectivity index (χ4v) is 11.0. The summed E-state index contributed by atoms with van der Waals surface area (Å²) < 4.78 is 77.1. The van der Waals surface area contributed by atoms with Crippen molar-refractivity contribution in [2.45, 2.75) is 75.6 Å². The molecule has 1 fully saturated rings. The molecule has 0 spiro atoms. The quantitative estimate of drug-likeness (QED) is 0.0182. The zero-order valence-corrected chi connectivity index (χ0v) is 37.3. The van der Waals surface area contributed by atoms with E-state index in [0.717, 1.165) is 12.8 Å². The van der Waals surface area contributed by atoms with Crippen molar-refractivity contribution in [3.63, 3.8) is 0 Å². The van der Waals surface area contributed by atoms with Crippen LogP contribution < -0.4 is 11.3 Å². The third kappa shape index (κ3) is 18.6. The van der Waals surface area contributed by atoms with E-state index in [-0.39, 0.29) is 59.1 Å². The summed E-state index contributed by atoms with van der Waals surface area (Å²) in [7, 11) is -8.98. The molecule has 28 heteroatoms. The molecule has 2 aromatic rings. The predicted molar refractivity (Wildman–Crippen MR) is 217 cm³/mol. The number of carbonyl (C=O) groups is 1. The van der Waals surface area contributed by atoms with Crippen LogP contribution in [0.3, 0.4) is 0 Å². The normalized spacial score (nSPS) is 19.5. The van der Waals surface area contributed by atoms with E-state index in [2.05, 4.69) is 44.3 Å². The van der Waals surface area contributed by atoms with Gasteiger partial charge in [-0.25, -0.2) is 13.7 Å². The number of rotatable bonds is 26. The van der Waals surface area contributed by atoms with Gasteiger partial charge in [0.25, 0.3) is 5.56 Å². The molecule has 57 heavy (non-hydrogen) atoms. The van der Waals surface area contributed by atoms with E-state index in [1.54, 1.807) is 28.7 Å². The summed E-state index contributed by atoms with van der Waals surface area (Å²) in [5.74, 6) is 5.81. The highest BCUT2D eigenvalue weighted by atomic mass is 33.1. The number of aromatic amines is 1. The Labute approximate surface area is 344 Å². The largest absolute Gasteiger partial charge is 0.490 e. The molecule has 0 aromatic carbocycles. The molecule has 0 amide bonds. The van der Waals surface area contributed by atoms with Crippen molar-refractivity contribution in [3.05, 3.63) is 22.1 Å². The summed E-state index contributed by atoms with van der Waals surface area (Å²) in [5, 5.41) is 0.0732. The number of hydrogen-bond acceptors (Lipinski definition) is 19. The van der Waals surface area contributed by atoms with E-state index in [9.17, 15) is 33.1 Å². The lowest BCUT2D eigenvalue weighted by Gasteiger charge is -2.22. The minimum absolute atomic E-state index is 0.00646. The lowest BCUT2D eigenvalue weighted by atomic mass is 10.1. The van der Waals surface area contributed by atoms with Crippen molar-refractivity contribution >= 4 is 89.6 Å². The number of carbonyl (C=O) groups excluding carboxylic acids is 1. The van der Waals surface area contributed by atoms with Gasteiger partial charge in [0.15, 0.2) is 5.65 Å². The van der Waals surface area contributed by atoms with Crippen molar-refractivity contribution in [1.82, 2.24) is 14.5 Å². The molecule has 324 valence electrons. The smallest absolute Gasteiger partial charge is 0.466 e. The van der Waals surface area contributed by atoms with Crippen LogP contribution >= 0.6 is 66.6 Å². The monoisotopic (exact) mass is 944 g/mol. The molecular weight excluding hydrogens is 898 g/mol. The maximum atomic E-state index is 13.0. The van der Waals surface area contributed by atoms with Crippen LogP contribution in [0, 0.1) is 11.8 Å². The van der Waals surface area contributed by atoms with E-state index < -0.39 is 60.0 Å². The molecule has 0 saturated carbocycles.